The van der Waals surface area contributed by atoms with Crippen molar-refractivity contribution in [3.05, 3.63) is 56.5 Å². The van der Waals surface area contributed by atoms with Crippen LogP contribution in [0.3, 0.4) is 0 Å². The third kappa shape index (κ3) is 6.97. The lowest BCUT2D eigenvalue weighted by Crippen LogP contribution is -2.71. The van der Waals surface area contributed by atoms with Crippen LogP contribution in [0.15, 0.2) is 36.4 Å². The summed E-state index contributed by atoms with van der Waals surface area (Å²) >= 11 is 25.5. The van der Waals surface area contributed by atoms with Gasteiger partial charge in [-0.15, -0.1) is 0 Å². The van der Waals surface area contributed by atoms with Gasteiger partial charge in [-0.1, -0.05) is 70.7 Å². The summed E-state index contributed by atoms with van der Waals surface area (Å²) in [6.07, 6.45) is 0. The molecule has 0 unspecified atom stereocenters. The van der Waals surface area contributed by atoms with Gasteiger partial charge in [0.2, 0.25) is 0 Å². The zero-order valence-electron chi connectivity index (χ0n) is 18.7. The van der Waals surface area contributed by atoms with Gasteiger partial charge in [0.25, 0.3) is 23.9 Å². The van der Waals surface area contributed by atoms with Crippen LogP contribution < -0.4 is 10.4 Å². The zero-order chi connectivity index (χ0) is 26.6. The molecule has 0 heterocycles. The minimum Gasteiger partial charge on any atom is -0.488 e. The molecule has 0 aliphatic heterocycles. The highest BCUT2D eigenvalue weighted by Gasteiger charge is 2.67. The van der Waals surface area contributed by atoms with E-state index in [-0.39, 0.29) is 30.5 Å². The molecule has 188 valence electrons. The Morgan fingerprint density at radius 2 is 0.943 bits per heavy atom. The highest BCUT2D eigenvalue weighted by atomic mass is 35.5. The van der Waals surface area contributed by atoms with Gasteiger partial charge in [0.05, 0.1) is 20.1 Å². The minimum atomic E-state index is -5.10. The van der Waals surface area contributed by atoms with Crippen molar-refractivity contribution in [2.75, 3.05) is 0 Å². The molecule has 0 aliphatic carbocycles. The lowest BCUT2D eigenvalue weighted by atomic mass is 10.3. The van der Waals surface area contributed by atoms with Gasteiger partial charge in [-0.2, -0.15) is 0 Å². The number of carbonyl (C=O) groups is 4. The largest absolute Gasteiger partial charge is 0.891 e. The van der Waals surface area contributed by atoms with Crippen molar-refractivity contribution in [3.8, 4) is 0 Å². The molecule has 2 rings (SSSR count). The molecule has 0 atom stereocenters. The van der Waals surface area contributed by atoms with Crippen LogP contribution in [0.2, 0.25) is 20.1 Å². The van der Waals surface area contributed by atoms with Crippen molar-refractivity contribution < 1.29 is 41.0 Å². The fourth-order valence-electron chi connectivity index (χ4n) is 2.93. The molecule has 15 heteroatoms. The molecule has 0 saturated heterocycles. The Labute approximate surface area is 222 Å². The van der Waals surface area contributed by atoms with Crippen LogP contribution in [0.1, 0.15) is 27.7 Å². The molecule has 2 aromatic rings. The molecule has 0 bridgehead atoms. The van der Waals surface area contributed by atoms with Crippen LogP contribution >= 0.6 is 46.4 Å². The van der Waals surface area contributed by atoms with Gasteiger partial charge in [0.15, 0.2) is 0 Å². The summed E-state index contributed by atoms with van der Waals surface area (Å²) in [5.74, 6) is -3.97. The van der Waals surface area contributed by atoms with Crippen LogP contribution in [0.5, 0.6) is 0 Å². The summed E-state index contributed by atoms with van der Waals surface area (Å²) in [5, 5.41) is -0.169. The van der Waals surface area contributed by atoms with E-state index >= 15 is 0 Å². The van der Waals surface area contributed by atoms with Gasteiger partial charge in [-0.05, 0) is 12.1 Å². The van der Waals surface area contributed by atoms with Crippen molar-refractivity contribution in [1.82, 2.24) is 0 Å². The number of carbonyl (C=O) groups excluding carboxylic acids is 4. The third-order valence-corrected chi connectivity index (χ3v) is 12.5. The Morgan fingerprint density at radius 3 is 1.26 bits per heavy atom. The quantitative estimate of drug-likeness (QED) is 0.420. The maximum absolute atomic E-state index is 12.4. The Kier molecular flexibility index (Phi) is 9.76. The Balaban J connectivity index is 3.04. The molecule has 2 aromatic carbocycles. The predicted molar refractivity (Wildman–Crippen MR) is 132 cm³/mol. The second-order valence-corrected chi connectivity index (χ2v) is 13.3. The first kappa shape index (κ1) is 29.1. The van der Waals surface area contributed by atoms with E-state index in [9.17, 15) is 19.2 Å². The second kappa shape index (κ2) is 11.7. The molecule has 0 N–H and O–H groups in total. The standard InChI is InChI=1S/C20H18Cl4O9Si2/c1-11(25)29-34(17-9-5-7-15(21)19(17)23,18-10-6-8-16(22)20(18)24)33-35(30-12(2)26,31-13(3)27)32-14(4)28/h5-10H,1-4H3. The fraction of sp³-hybridized carbons (Fsp3) is 0.200. The predicted octanol–water partition coefficient (Wildman–Crippen LogP) is 3.56. The Morgan fingerprint density at radius 1 is 0.600 bits per heavy atom. The smallest absolute Gasteiger partial charge is 0.488 e. The molecule has 0 fully saturated rings. The molecule has 0 saturated carbocycles. The molecule has 0 radical (unpaired) electrons. The Hall–Kier alpha value is -2.13. The van der Waals surface area contributed by atoms with E-state index in [0.717, 1.165) is 27.7 Å². The molecule has 35 heavy (non-hydrogen) atoms. The van der Waals surface area contributed by atoms with Crippen molar-refractivity contribution in [3.63, 3.8) is 0 Å². The van der Waals surface area contributed by atoms with E-state index in [1.165, 1.54) is 36.4 Å². The minimum absolute atomic E-state index is 0.00522. The van der Waals surface area contributed by atoms with Crippen LogP contribution in [0, 0.1) is 0 Å². The maximum atomic E-state index is 12.4. The molecular formula is C20H18Cl4O9Si2. The monoisotopic (exact) mass is 598 g/mol. The zero-order valence-corrected chi connectivity index (χ0v) is 23.7. The van der Waals surface area contributed by atoms with E-state index in [1.807, 2.05) is 0 Å². The summed E-state index contributed by atoms with van der Waals surface area (Å²) in [6, 6.07) is 8.68. The average Bonchev–Trinajstić information content (AvgIpc) is 2.69. The number of hydrogen-bond donors (Lipinski definition) is 0. The number of halogens is 4. The normalized spacial score (nSPS) is 11.4. The average molecular weight is 600 g/mol. The van der Waals surface area contributed by atoms with Gasteiger partial charge in [-0.3, -0.25) is 19.2 Å². The SMILES string of the molecule is CC(=O)O[Si](OC(C)=O)(OC(C)=O)O[Si](OC(C)=O)(c1cccc(Cl)c1Cl)c1cccc(Cl)c1Cl. The number of benzene rings is 2. The van der Waals surface area contributed by atoms with Gasteiger partial charge < -0.3 is 21.8 Å². The number of hydrogen-bond acceptors (Lipinski definition) is 9. The van der Waals surface area contributed by atoms with Crippen molar-refractivity contribution in [2.45, 2.75) is 27.7 Å². The topological polar surface area (TPSA) is 114 Å². The molecule has 0 aromatic heterocycles. The van der Waals surface area contributed by atoms with Crippen LogP contribution in [0.25, 0.3) is 0 Å². The van der Waals surface area contributed by atoms with E-state index in [0.29, 0.717) is 0 Å². The van der Waals surface area contributed by atoms with Gasteiger partial charge in [0, 0.05) is 38.1 Å². The second-order valence-electron chi connectivity index (χ2n) is 6.80. The lowest BCUT2D eigenvalue weighted by Gasteiger charge is -2.36. The highest BCUT2D eigenvalue weighted by Crippen LogP contribution is 2.30. The van der Waals surface area contributed by atoms with E-state index < -0.39 is 41.5 Å². The van der Waals surface area contributed by atoms with Gasteiger partial charge in [0.1, 0.15) is 0 Å². The van der Waals surface area contributed by atoms with Crippen LogP contribution in [-0.4, -0.2) is 41.5 Å². The summed E-state index contributed by atoms with van der Waals surface area (Å²) in [7, 11) is -9.75. The summed E-state index contributed by atoms with van der Waals surface area (Å²) in [6.45, 7) is 3.96. The fourth-order valence-corrected chi connectivity index (χ4v) is 11.0. The molecular weight excluding hydrogens is 582 g/mol. The highest BCUT2D eigenvalue weighted by molar-refractivity contribution is 6.99. The first-order chi connectivity index (χ1) is 16.2. The van der Waals surface area contributed by atoms with Crippen LogP contribution in [-0.2, 0) is 41.0 Å². The molecule has 0 amide bonds. The summed E-state index contributed by atoms with van der Waals surface area (Å²) in [5.41, 5.74) is 0. The van der Waals surface area contributed by atoms with Crippen LogP contribution in [0.4, 0.5) is 0 Å². The van der Waals surface area contributed by atoms with Gasteiger partial charge in [-0.25, -0.2) is 0 Å². The number of rotatable bonds is 8. The molecule has 0 spiro atoms. The van der Waals surface area contributed by atoms with Crippen molar-refractivity contribution in [1.29, 1.82) is 0 Å². The Bertz CT molecular complexity index is 1080. The molecule has 9 nitrogen and oxygen atoms in total. The third-order valence-electron chi connectivity index (χ3n) is 3.97. The first-order valence-corrected chi connectivity index (χ1v) is 14.6. The van der Waals surface area contributed by atoms with Crippen molar-refractivity contribution >= 4 is 98.3 Å². The molecule has 0 aliphatic rings. The summed E-state index contributed by atoms with van der Waals surface area (Å²) in [4.78, 5) is 48.4. The maximum Gasteiger partial charge on any atom is 0.891 e. The van der Waals surface area contributed by atoms with Crippen molar-refractivity contribution in [2.24, 2.45) is 0 Å². The van der Waals surface area contributed by atoms with E-state index in [2.05, 4.69) is 0 Å². The van der Waals surface area contributed by atoms with E-state index in [4.69, 9.17) is 68.2 Å². The van der Waals surface area contributed by atoms with Gasteiger partial charge >= 0.3 is 17.6 Å². The lowest BCUT2D eigenvalue weighted by molar-refractivity contribution is -0.153. The van der Waals surface area contributed by atoms with E-state index in [1.54, 1.807) is 0 Å². The first-order valence-electron chi connectivity index (χ1n) is 9.60. The summed E-state index contributed by atoms with van der Waals surface area (Å²) < 4.78 is 27.4.